The first-order valence-electron chi connectivity index (χ1n) is 15.8. The highest BCUT2D eigenvalue weighted by Crippen LogP contribution is 2.35. The Labute approximate surface area is 253 Å². The van der Waals surface area contributed by atoms with Gasteiger partial charge in [-0.05, 0) is 106 Å². The maximum absolute atomic E-state index is 13.4. The van der Waals surface area contributed by atoms with E-state index in [1.54, 1.807) is 24.3 Å². The molecule has 43 heavy (non-hydrogen) atoms. The maximum atomic E-state index is 13.4. The molecule has 0 unspecified atom stereocenters. The number of piperidine rings is 5. The molecule has 230 valence electrons. The molecule has 5 saturated heterocycles. The lowest BCUT2D eigenvalue weighted by atomic mass is 9.80. The van der Waals surface area contributed by atoms with E-state index in [0.717, 1.165) is 64.0 Å². The van der Waals surface area contributed by atoms with E-state index in [2.05, 4.69) is 20.9 Å². The van der Waals surface area contributed by atoms with Crippen molar-refractivity contribution in [3.05, 3.63) is 65.7 Å². The normalized spacial score (nSPS) is 25.0. The minimum atomic E-state index is -0.606. The number of hydrogen-bond donors (Lipinski definition) is 3. The summed E-state index contributed by atoms with van der Waals surface area (Å²) in [4.78, 5) is 43.1. The molecular formula is C33H43N5O5. The topological polar surface area (TPSA) is 112 Å². The van der Waals surface area contributed by atoms with Crippen molar-refractivity contribution in [3.8, 4) is 0 Å². The summed E-state index contributed by atoms with van der Waals surface area (Å²) in [6.07, 6.45) is 4.42. The van der Waals surface area contributed by atoms with Crippen LogP contribution in [0.4, 0.5) is 15.3 Å². The van der Waals surface area contributed by atoms with Gasteiger partial charge in [0, 0.05) is 30.9 Å². The van der Waals surface area contributed by atoms with Gasteiger partial charge in [-0.25, -0.2) is 9.59 Å². The van der Waals surface area contributed by atoms with Crippen LogP contribution in [0.1, 0.15) is 54.4 Å². The Morgan fingerprint density at radius 1 is 0.860 bits per heavy atom. The van der Waals surface area contributed by atoms with Gasteiger partial charge in [-0.2, -0.15) is 0 Å². The minimum absolute atomic E-state index is 0.0641. The van der Waals surface area contributed by atoms with Crippen LogP contribution in [0.25, 0.3) is 0 Å². The molecule has 0 aliphatic carbocycles. The fraction of sp³-hybridized carbons (Fsp3) is 0.545. The van der Waals surface area contributed by atoms with Crippen LogP contribution in [-0.2, 0) is 15.0 Å². The third kappa shape index (κ3) is 7.13. The molecule has 0 saturated carbocycles. The Kier molecular flexibility index (Phi) is 9.14. The van der Waals surface area contributed by atoms with Gasteiger partial charge in [0.25, 0.3) is 5.91 Å². The van der Waals surface area contributed by atoms with Crippen molar-refractivity contribution < 1.29 is 23.9 Å². The van der Waals surface area contributed by atoms with E-state index >= 15 is 0 Å². The smallest absolute Gasteiger partial charge is 0.411 e. The largest absolute Gasteiger partial charge is 0.449 e. The molecule has 0 aromatic heterocycles. The van der Waals surface area contributed by atoms with Crippen LogP contribution >= 0.6 is 0 Å². The van der Waals surface area contributed by atoms with Gasteiger partial charge in [0.2, 0.25) is 0 Å². The Balaban J connectivity index is 1.03. The molecule has 3 amide bonds. The third-order valence-corrected chi connectivity index (χ3v) is 9.71. The van der Waals surface area contributed by atoms with Crippen molar-refractivity contribution in [1.82, 2.24) is 20.4 Å². The highest BCUT2D eigenvalue weighted by Gasteiger charge is 2.41. The number of ether oxygens (including phenoxy) is 2. The van der Waals surface area contributed by atoms with Crippen molar-refractivity contribution >= 4 is 23.8 Å². The molecule has 2 aromatic rings. The maximum Gasteiger partial charge on any atom is 0.411 e. The van der Waals surface area contributed by atoms with E-state index in [1.807, 2.05) is 35.2 Å². The summed E-state index contributed by atoms with van der Waals surface area (Å²) >= 11 is 0. The molecule has 1 atom stereocenters. The van der Waals surface area contributed by atoms with E-state index in [1.165, 1.54) is 0 Å². The van der Waals surface area contributed by atoms with E-state index in [-0.39, 0.29) is 18.1 Å². The number of carbonyl (C=O) groups excluding carboxylic acids is 3. The lowest BCUT2D eigenvalue weighted by Crippen LogP contribution is -2.56. The molecular weight excluding hydrogens is 546 g/mol. The SMILES string of the molecule is O=C(Nc1ccc(C(=O)N2CCC(NC(=O)O[C@H]3CN4CCC3CC4)(c3ccccc3)CC2)cc1)OCC1CCNCC1. The molecule has 3 N–H and O–H groups in total. The van der Waals surface area contributed by atoms with Crippen molar-refractivity contribution in [1.29, 1.82) is 0 Å². The number of hydrogen-bond acceptors (Lipinski definition) is 7. The Hall–Kier alpha value is -3.63. The molecule has 2 bridgehead atoms. The third-order valence-electron chi connectivity index (χ3n) is 9.71. The highest BCUT2D eigenvalue weighted by atomic mass is 16.6. The zero-order valence-corrected chi connectivity index (χ0v) is 24.8. The summed E-state index contributed by atoms with van der Waals surface area (Å²) < 4.78 is 11.4. The second-order valence-corrected chi connectivity index (χ2v) is 12.4. The fourth-order valence-electron chi connectivity index (χ4n) is 7.02. The molecule has 10 nitrogen and oxygen atoms in total. The number of fused-ring (bicyclic) bond motifs is 3. The zero-order valence-electron chi connectivity index (χ0n) is 24.8. The monoisotopic (exact) mass is 589 g/mol. The van der Waals surface area contributed by atoms with E-state index in [4.69, 9.17) is 9.47 Å². The number of carbonyl (C=O) groups is 3. The van der Waals surface area contributed by atoms with E-state index in [0.29, 0.717) is 55.6 Å². The highest BCUT2D eigenvalue weighted by molar-refractivity contribution is 5.95. The average molecular weight is 590 g/mol. The number of alkyl carbamates (subject to hydrolysis) is 1. The number of anilines is 1. The van der Waals surface area contributed by atoms with Gasteiger partial charge in [0.15, 0.2) is 0 Å². The molecule has 5 aliphatic heterocycles. The van der Waals surface area contributed by atoms with Gasteiger partial charge >= 0.3 is 12.2 Å². The van der Waals surface area contributed by atoms with Crippen molar-refractivity contribution in [2.45, 2.75) is 50.2 Å². The number of benzene rings is 2. The lowest BCUT2D eigenvalue weighted by molar-refractivity contribution is -0.0366. The van der Waals surface area contributed by atoms with Crippen LogP contribution in [0.5, 0.6) is 0 Å². The van der Waals surface area contributed by atoms with Crippen LogP contribution in [0.15, 0.2) is 54.6 Å². The number of likely N-dealkylation sites (tertiary alicyclic amines) is 1. The van der Waals surface area contributed by atoms with Crippen LogP contribution < -0.4 is 16.0 Å². The van der Waals surface area contributed by atoms with Gasteiger partial charge in [0.1, 0.15) is 6.10 Å². The molecule has 2 aromatic carbocycles. The summed E-state index contributed by atoms with van der Waals surface area (Å²) in [5.41, 5.74) is 1.55. The van der Waals surface area contributed by atoms with Crippen molar-refractivity contribution in [2.24, 2.45) is 11.8 Å². The summed E-state index contributed by atoms with van der Waals surface area (Å²) in [7, 11) is 0. The first-order valence-corrected chi connectivity index (χ1v) is 15.8. The number of nitrogens with one attached hydrogen (secondary N) is 3. The zero-order chi connectivity index (χ0) is 29.6. The van der Waals surface area contributed by atoms with Crippen LogP contribution in [-0.4, -0.2) is 86.4 Å². The van der Waals surface area contributed by atoms with Crippen LogP contribution in [0, 0.1) is 11.8 Å². The van der Waals surface area contributed by atoms with Crippen molar-refractivity contribution in [3.63, 3.8) is 0 Å². The Bertz CT molecular complexity index is 1250. The molecule has 10 heteroatoms. The number of rotatable bonds is 7. The summed E-state index contributed by atoms with van der Waals surface area (Å²) in [5, 5.41) is 9.30. The predicted molar refractivity (Wildman–Crippen MR) is 163 cm³/mol. The summed E-state index contributed by atoms with van der Waals surface area (Å²) in [6.45, 7) is 6.31. The van der Waals surface area contributed by atoms with Gasteiger partial charge in [0.05, 0.1) is 12.1 Å². The molecule has 0 spiro atoms. The number of amides is 3. The number of nitrogens with zero attached hydrogens (tertiary/aromatic N) is 2. The average Bonchev–Trinajstić information content (AvgIpc) is 3.05. The Morgan fingerprint density at radius 3 is 2.21 bits per heavy atom. The summed E-state index contributed by atoms with van der Waals surface area (Å²) in [6, 6.07) is 16.9. The molecule has 0 radical (unpaired) electrons. The first kappa shape index (κ1) is 29.4. The molecule has 5 aliphatic rings. The fourth-order valence-corrected chi connectivity index (χ4v) is 7.02. The van der Waals surface area contributed by atoms with Crippen LogP contribution in [0.3, 0.4) is 0 Å². The van der Waals surface area contributed by atoms with Gasteiger partial charge in [-0.15, -0.1) is 0 Å². The van der Waals surface area contributed by atoms with Gasteiger partial charge in [-0.3, -0.25) is 15.0 Å². The standard InChI is InChI=1S/C33H43N5O5/c39-30(26-6-8-28(9-7-26)35-31(40)42-23-24-10-16-34-17-11-24)38-20-14-33(15-21-38,27-4-2-1-3-5-27)36-32(41)43-29-22-37-18-12-25(29)13-19-37/h1-9,24-25,29,34H,10-23H2,(H,35,40)(H,36,41)/t29-/m0/s1. The van der Waals surface area contributed by atoms with Gasteiger partial charge in [-0.1, -0.05) is 30.3 Å². The predicted octanol–water partition coefficient (Wildman–Crippen LogP) is 4.19. The molecule has 5 heterocycles. The van der Waals surface area contributed by atoms with Gasteiger partial charge < -0.3 is 25.0 Å². The van der Waals surface area contributed by atoms with E-state index in [9.17, 15) is 14.4 Å². The minimum Gasteiger partial charge on any atom is -0.449 e. The Morgan fingerprint density at radius 2 is 1.56 bits per heavy atom. The van der Waals surface area contributed by atoms with E-state index < -0.39 is 11.6 Å². The quantitative estimate of drug-likeness (QED) is 0.444. The van der Waals surface area contributed by atoms with Crippen LogP contribution in [0.2, 0.25) is 0 Å². The summed E-state index contributed by atoms with van der Waals surface area (Å²) in [5.74, 6) is 0.759. The lowest BCUT2D eigenvalue weighted by Gasteiger charge is -2.45. The first-order chi connectivity index (χ1) is 21.0. The molecule has 5 fully saturated rings. The second kappa shape index (κ2) is 13.3. The second-order valence-electron chi connectivity index (χ2n) is 12.4. The van der Waals surface area contributed by atoms with Crippen molar-refractivity contribution in [2.75, 3.05) is 57.7 Å². The molecule has 7 rings (SSSR count).